The highest BCUT2D eigenvalue weighted by Crippen LogP contribution is 2.32. The van der Waals surface area contributed by atoms with Gasteiger partial charge in [0, 0.05) is 45.4 Å². The molecule has 1 aliphatic carbocycles. The fourth-order valence-corrected chi connectivity index (χ4v) is 3.17. The number of thiazole rings is 1. The van der Waals surface area contributed by atoms with Crippen molar-refractivity contribution in [3.05, 3.63) is 17.3 Å². The van der Waals surface area contributed by atoms with Gasteiger partial charge in [-0.25, -0.2) is 4.98 Å². The van der Waals surface area contributed by atoms with Crippen LogP contribution in [0.2, 0.25) is 0 Å². The van der Waals surface area contributed by atoms with Crippen LogP contribution in [0, 0.1) is 5.92 Å². The number of nitrogens with one attached hydrogen (secondary N) is 1. The summed E-state index contributed by atoms with van der Waals surface area (Å²) in [5, 5.41) is 5.52. The Balaban J connectivity index is 1.76. The van der Waals surface area contributed by atoms with E-state index in [1.165, 1.54) is 18.5 Å². The van der Waals surface area contributed by atoms with E-state index < -0.39 is 0 Å². The molecule has 0 bridgehead atoms. The highest BCUT2D eigenvalue weighted by atomic mass is 32.1. The van der Waals surface area contributed by atoms with Gasteiger partial charge in [0.05, 0.1) is 12.3 Å². The van der Waals surface area contributed by atoms with Gasteiger partial charge in [-0.1, -0.05) is 0 Å². The Kier molecular flexibility index (Phi) is 4.24. The van der Waals surface area contributed by atoms with E-state index in [9.17, 15) is 0 Å². The number of imidazole rings is 1. The molecule has 20 heavy (non-hydrogen) atoms. The number of nitrogens with zero attached hydrogens (tertiary/aromatic N) is 3. The second kappa shape index (κ2) is 6.11. The van der Waals surface area contributed by atoms with Crippen molar-refractivity contribution in [2.45, 2.75) is 19.4 Å². The zero-order valence-electron chi connectivity index (χ0n) is 12.1. The summed E-state index contributed by atoms with van der Waals surface area (Å²) in [6.45, 7) is 3.54. The fraction of sp³-hybridized carbons (Fsp3) is 0.643. The zero-order valence-corrected chi connectivity index (χ0v) is 12.9. The molecule has 0 aliphatic heterocycles. The molecule has 0 unspecified atom stereocenters. The van der Waals surface area contributed by atoms with Crippen LogP contribution in [0.1, 0.15) is 18.5 Å². The summed E-state index contributed by atoms with van der Waals surface area (Å²) in [6, 6.07) is 0. The molecule has 1 saturated carbocycles. The first kappa shape index (κ1) is 13.9. The van der Waals surface area contributed by atoms with E-state index in [0.717, 1.165) is 42.9 Å². The van der Waals surface area contributed by atoms with Crippen LogP contribution in [0.5, 0.6) is 0 Å². The van der Waals surface area contributed by atoms with Crippen LogP contribution in [0.4, 0.5) is 5.82 Å². The number of ether oxygens (including phenoxy) is 1. The summed E-state index contributed by atoms with van der Waals surface area (Å²) in [6.07, 6.45) is 4.84. The number of hydrogen-bond acceptors (Lipinski definition) is 5. The second-order valence-corrected chi connectivity index (χ2v) is 6.30. The van der Waals surface area contributed by atoms with Crippen molar-refractivity contribution in [3.63, 3.8) is 0 Å². The fourth-order valence-electron chi connectivity index (χ4n) is 2.45. The third-order valence-corrected chi connectivity index (χ3v) is 4.46. The molecule has 1 N–H and O–H groups in total. The minimum Gasteiger partial charge on any atom is -0.383 e. The number of hydrogen-bond donors (Lipinski definition) is 1. The first-order chi connectivity index (χ1) is 9.79. The van der Waals surface area contributed by atoms with E-state index in [2.05, 4.69) is 33.2 Å². The van der Waals surface area contributed by atoms with E-state index in [0.29, 0.717) is 0 Å². The lowest BCUT2D eigenvalue weighted by atomic mass is 10.3. The SMILES string of the molecule is COCCNCc1c(N(C)CC2CC2)nc2sccn12. The van der Waals surface area contributed by atoms with Crippen LogP contribution in [0.15, 0.2) is 11.6 Å². The van der Waals surface area contributed by atoms with Crippen molar-refractivity contribution in [3.8, 4) is 0 Å². The number of anilines is 1. The Hall–Kier alpha value is -1.11. The maximum absolute atomic E-state index is 5.08. The largest absolute Gasteiger partial charge is 0.383 e. The van der Waals surface area contributed by atoms with Crippen LogP contribution in [-0.2, 0) is 11.3 Å². The average molecular weight is 294 g/mol. The van der Waals surface area contributed by atoms with Gasteiger partial charge in [-0.15, -0.1) is 11.3 Å². The highest BCUT2D eigenvalue weighted by Gasteiger charge is 2.25. The van der Waals surface area contributed by atoms with Gasteiger partial charge in [-0.2, -0.15) is 0 Å². The van der Waals surface area contributed by atoms with Crippen LogP contribution in [-0.4, -0.2) is 43.2 Å². The number of fused-ring (bicyclic) bond motifs is 1. The molecule has 0 atom stereocenters. The van der Waals surface area contributed by atoms with Crippen LogP contribution in [0.3, 0.4) is 0 Å². The molecule has 0 radical (unpaired) electrons. The first-order valence-electron chi connectivity index (χ1n) is 7.15. The first-order valence-corrected chi connectivity index (χ1v) is 8.02. The molecule has 5 nitrogen and oxygen atoms in total. The van der Waals surface area contributed by atoms with Crippen LogP contribution < -0.4 is 10.2 Å². The monoisotopic (exact) mass is 294 g/mol. The minimum atomic E-state index is 0.735. The Morgan fingerprint density at radius 2 is 2.40 bits per heavy atom. The molecule has 0 amide bonds. The summed E-state index contributed by atoms with van der Waals surface area (Å²) in [4.78, 5) is 8.17. The average Bonchev–Trinajstić information content (AvgIpc) is 3.01. The maximum Gasteiger partial charge on any atom is 0.195 e. The lowest BCUT2D eigenvalue weighted by molar-refractivity contribution is 0.199. The smallest absolute Gasteiger partial charge is 0.195 e. The van der Waals surface area contributed by atoms with Crippen LogP contribution in [0.25, 0.3) is 4.96 Å². The van der Waals surface area contributed by atoms with Gasteiger partial charge < -0.3 is 15.0 Å². The number of methoxy groups -OCH3 is 1. The van der Waals surface area contributed by atoms with E-state index in [-0.39, 0.29) is 0 Å². The maximum atomic E-state index is 5.08. The summed E-state index contributed by atoms with van der Waals surface area (Å²) in [5.41, 5.74) is 1.25. The minimum absolute atomic E-state index is 0.735. The molecule has 0 spiro atoms. The standard InChI is InChI=1S/C14H22N4OS/c1-17(10-11-3-4-11)13-12(9-15-5-7-19-2)18-6-8-20-14(18)16-13/h6,8,11,15H,3-5,7,9-10H2,1-2H3. The summed E-state index contributed by atoms with van der Waals surface area (Å²) < 4.78 is 7.28. The summed E-state index contributed by atoms with van der Waals surface area (Å²) >= 11 is 1.69. The van der Waals surface area contributed by atoms with Gasteiger partial charge in [-0.3, -0.25) is 4.40 Å². The van der Waals surface area contributed by atoms with Gasteiger partial charge in [-0.05, 0) is 18.8 Å². The van der Waals surface area contributed by atoms with Crippen molar-refractivity contribution in [1.29, 1.82) is 0 Å². The van der Waals surface area contributed by atoms with Crippen molar-refractivity contribution >= 4 is 22.1 Å². The Morgan fingerprint density at radius 3 is 3.15 bits per heavy atom. The Morgan fingerprint density at radius 1 is 1.55 bits per heavy atom. The third kappa shape index (κ3) is 2.97. The highest BCUT2D eigenvalue weighted by molar-refractivity contribution is 7.15. The van der Waals surface area contributed by atoms with Crippen molar-refractivity contribution in [2.75, 3.05) is 38.8 Å². The Labute approximate surface area is 123 Å². The molecule has 1 fully saturated rings. The van der Waals surface area contributed by atoms with Gasteiger partial charge in [0.25, 0.3) is 0 Å². The summed E-state index contributed by atoms with van der Waals surface area (Å²) in [7, 11) is 3.88. The summed E-state index contributed by atoms with van der Waals surface area (Å²) in [5.74, 6) is 1.99. The molecule has 2 aromatic heterocycles. The molecule has 3 rings (SSSR count). The van der Waals surface area contributed by atoms with Crippen molar-refractivity contribution in [1.82, 2.24) is 14.7 Å². The van der Waals surface area contributed by atoms with Gasteiger partial charge in [0.2, 0.25) is 0 Å². The quantitative estimate of drug-likeness (QED) is 0.756. The van der Waals surface area contributed by atoms with E-state index in [4.69, 9.17) is 9.72 Å². The third-order valence-electron chi connectivity index (χ3n) is 3.71. The second-order valence-electron chi connectivity index (χ2n) is 5.43. The van der Waals surface area contributed by atoms with Gasteiger partial charge in [0.15, 0.2) is 10.8 Å². The molecular weight excluding hydrogens is 272 g/mol. The zero-order chi connectivity index (χ0) is 13.9. The molecule has 1 aliphatic rings. The van der Waals surface area contributed by atoms with E-state index in [1.807, 2.05) is 0 Å². The van der Waals surface area contributed by atoms with Crippen molar-refractivity contribution < 1.29 is 4.74 Å². The molecule has 0 saturated heterocycles. The predicted molar refractivity (Wildman–Crippen MR) is 82.6 cm³/mol. The molecular formula is C14H22N4OS. The molecule has 2 heterocycles. The predicted octanol–water partition coefficient (Wildman–Crippen LogP) is 1.98. The van der Waals surface area contributed by atoms with Gasteiger partial charge >= 0.3 is 0 Å². The molecule has 110 valence electrons. The molecule has 6 heteroatoms. The van der Waals surface area contributed by atoms with E-state index in [1.54, 1.807) is 18.4 Å². The lowest BCUT2D eigenvalue weighted by Gasteiger charge is -2.18. The number of aromatic nitrogens is 2. The Bertz CT molecular complexity index is 561. The topological polar surface area (TPSA) is 41.8 Å². The van der Waals surface area contributed by atoms with Crippen molar-refractivity contribution in [2.24, 2.45) is 5.92 Å². The normalized spacial score (nSPS) is 15.1. The molecule has 2 aromatic rings. The van der Waals surface area contributed by atoms with Crippen LogP contribution >= 0.6 is 11.3 Å². The number of rotatable bonds is 8. The van der Waals surface area contributed by atoms with Gasteiger partial charge in [0.1, 0.15) is 0 Å². The lowest BCUT2D eigenvalue weighted by Crippen LogP contribution is -2.25. The molecule has 0 aromatic carbocycles. The van der Waals surface area contributed by atoms with E-state index >= 15 is 0 Å².